The van der Waals surface area contributed by atoms with Gasteiger partial charge < -0.3 is 9.64 Å². The highest BCUT2D eigenvalue weighted by Crippen LogP contribution is 2.35. The number of rotatable bonds is 5. The minimum absolute atomic E-state index is 0.111. The van der Waals surface area contributed by atoms with Crippen LogP contribution >= 0.6 is 0 Å². The fraction of sp³-hybridized carbons (Fsp3) is 0.310. The Bertz CT molecular complexity index is 1080. The number of carbonyl (C=O) groups excluding carboxylic acids is 2. The Hall–Kier alpha value is -3.60. The number of hydrogen-bond acceptors (Lipinski definition) is 3. The summed E-state index contributed by atoms with van der Waals surface area (Å²) in [7, 11) is 0. The molecule has 1 atom stereocenters. The maximum Gasteiger partial charge on any atom is 0.410 e. The van der Waals surface area contributed by atoms with Gasteiger partial charge >= 0.3 is 6.09 Å². The summed E-state index contributed by atoms with van der Waals surface area (Å²) >= 11 is 0. The molecule has 3 aromatic rings. The molecule has 0 N–H and O–H groups in total. The van der Waals surface area contributed by atoms with Crippen LogP contribution in [0.1, 0.15) is 41.9 Å². The fourth-order valence-electron chi connectivity index (χ4n) is 5.22. The molecule has 2 aliphatic heterocycles. The number of likely N-dealkylation sites (tertiary alicyclic amines) is 1. The summed E-state index contributed by atoms with van der Waals surface area (Å²) in [6.45, 7) is 2.38. The molecule has 2 aliphatic rings. The number of amides is 2. The second-order valence-corrected chi connectivity index (χ2v) is 9.33. The fourth-order valence-corrected chi connectivity index (χ4v) is 5.22. The van der Waals surface area contributed by atoms with Gasteiger partial charge in [0.25, 0.3) is 0 Å². The maximum atomic E-state index is 13.8. The van der Waals surface area contributed by atoms with E-state index in [-0.39, 0.29) is 17.9 Å². The normalized spacial score (nSPS) is 20.4. The van der Waals surface area contributed by atoms with E-state index in [1.165, 1.54) is 0 Å². The molecular formula is C29H30N2O3. The molecule has 174 valence electrons. The summed E-state index contributed by atoms with van der Waals surface area (Å²) in [6, 6.07) is 30.0. The van der Waals surface area contributed by atoms with Crippen LogP contribution in [0.25, 0.3) is 0 Å². The van der Waals surface area contributed by atoms with Gasteiger partial charge in [-0.2, -0.15) is 0 Å². The first kappa shape index (κ1) is 22.2. The van der Waals surface area contributed by atoms with Crippen molar-refractivity contribution in [2.24, 2.45) is 0 Å². The molecule has 2 amide bonds. The van der Waals surface area contributed by atoms with Crippen molar-refractivity contribution in [2.45, 2.75) is 37.3 Å². The van der Waals surface area contributed by atoms with Crippen molar-refractivity contribution in [1.82, 2.24) is 9.80 Å². The minimum Gasteiger partial charge on any atom is -0.441 e. The van der Waals surface area contributed by atoms with Crippen LogP contribution in [0.3, 0.4) is 0 Å². The largest absolute Gasteiger partial charge is 0.441 e. The van der Waals surface area contributed by atoms with Gasteiger partial charge in [-0.05, 0) is 29.5 Å². The number of carbonyl (C=O) groups is 2. The summed E-state index contributed by atoms with van der Waals surface area (Å²) in [4.78, 5) is 30.3. The molecule has 2 heterocycles. The predicted molar refractivity (Wildman–Crippen MR) is 131 cm³/mol. The smallest absolute Gasteiger partial charge is 0.410 e. The zero-order valence-electron chi connectivity index (χ0n) is 19.3. The van der Waals surface area contributed by atoms with Crippen molar-refractivity contribution in [2.75, 3.05) is 19.6 Å². The minimum atomic E-state index is -0.518. The Morgan fingerprint density at radius 1 is 0.824 bits per heavy atom. The molecule has 0 saturated carbocycles. The highest BCUT2D eigenvalue weighted by Gasteiger charge is 2.46. The van der Waals surface area contributed by atoms with E-state index < -0.39 is 5.60 Å². The molecule has 0 radical (unpaired) electrons. The van der Waals surface area contributed by atoms with Crippen molar-refractivity contribution in [3.63, 3.8) is 0 Å². The van der Waals surface area contributed by atoms with Crippen molar-refractivity contribution < 1.29 is 14.3 Å². The number of hydrogen-bond donors (Lipinski definition) is 0. The third kappa shape index (κ3) is 4.69. The zero-order chi connectivity index (χ0) is 23.4. The number of ether oxygens (including phenoxy) is 1. The molecular weight excluding hydrogens is 424 g/mol. The van der Waals surface area contributed by atoms with E-state index in [1.54, 1.807) is 4.90 Å². The van der Waals surface area contributed by atoms with E-state index in [9.17, 15) is 9.59 Å². The van der Waals surface area contributed by atoms with E-state index in [2.05, 4.69) is 0 Å². The van der Waals surface area contributed by atoms with Crippen LogP contribution in [0.2, 0.25) is 0 Å². The first-order valence-corrected chi connectivity index (χ1v) is 12.0. The lowest BCUT2D eigenvalue weighted by atomic mass is 9.90. The highest BCUT2D eigenvalue weighted by molar-refractivity contribution is 5.87. The van der Waals surface area contributed by atoms with Gasteiger partial charge in [-0.1, -0.05) is 91.0 Å². The van der Waals surface area contributed by atoms with Crippen LogP contribution in [0.5, 0.6) is 0 Å². The second-order valence-electron chi connectivity index (χ2n) is 9.33. The van der Waals surface area contributed by atoms with Gasteiger partial charge in [0.1, 0.15) is 5.60 Å². The molecule has 5 heteroatoms. The predicted octanol–water partition coefficient (Wildman–Crippen LogP) is 5.22. The highest BCUT2D eigenvalue weighted by atomic mass is 16.6. The molecule has 0 unspecified atom stereocenters. The molecule has 34 heavy (non-hydrogen) atoms. The molecule has 0 aliphatic carbocycles. The van der Waals surface area contributed by atoms with Crippen molar-refractivity contribution in [1.29, 1.82) is 0 Å². The third-order valence-corrected chi connectivity index (χ3v) is 6.98. The van der Waals surface area contributed by atoms with Gasteiger partial charge in [-0.25, -0.2) is 4.79 Å². The van der Waals surface area contributed by atoms with Crippen molar-refractivity contribution in [3.8, 4) is 0 Å². The molecule has 5 rings (SSSR count). The van der Waals surface area contributed by atoms with Crippen LogP contribution in [-0.2, 0) is 16.1 Å². The summed E-state index contributed by atoms with van der Waals surface area (Å²) in [5.41, 5.74) is 2.57. The molecule has 2 fully saturated rings. The lowest BCUT2D eigenvalue weighted by molar-refractivity contribution is -0.131. The Labute approximate surface area is 201 Å². The van der Waals surface area contributed by atoms with Gasteiger partial charge in [0.05, 0.1) is 12.5 Å². The monoisotopic (exact) mass is 454 g/mol. The Balaban J connectivity index is 1.31. The summed E-state index contributed by atoms with van der Waals surface area (Å²) in [6.07, 6.45) is 1.99. The molecule has 3 aromatic carbocycles. The lowest BCUT2D eigenvalue weighted by Crippen LogP contribution is -2.39. The molecule has 1 spiro atoms. The van der Waals surface area contributed by atoms with Crippen LogP contribution in [0, 0.1) is 0 Å². The Morgan fingerprint density at radius 2 is 1.41 bits per heavy atom. The second kappa shape index (κ2) is 9.72. The van der Waals surface area contributed by atoms with Crippen molar-refractivity contribution >= 4 is 12.0 Å². The van der Waals surface area contributed by atoms with Crippen LogP contribution in [-0.4, -0.2) is 47.0 Å². The topological polar surface area (TPSA) is 49.9 Å². The van der Waals surface area contributed by atoms with Crippen molar-refractivity contribution in [3.05, 3.63) is 108 Å². The van der Waals surface area contributed by atoms with Gasteiger partial charge in [-0.3, -0.25) is 9.69 Å². The standard InChI is InChI=1S/C29H30N2O3/c32-27(26(24-13-6-2-7-14-24)25-15-8-3-9-16-25)30-19-10-17-29(18-20-30)22-31(28(33)34-29)21-23-11-4-1-5-12-23/h1-9,11-16,26H,10,17-22H2/t29-/m0/s1. The summed E-state index contributed by atoms with van der Waals surface area (Å²) in [5, 5.41) is 0. The summed E-state index contributed by atoms with van der Waals surface area (Å²) in [5.74, 6) is -0.225. The van der Waals surface area contributed by atoms with E-state index in [4.69, 9.17) is 4.74 Å². The number of benzene rings is 3. The third-order valence-electron chi connectivity index (χ3n) is 6.98. The average molecular weight is 455 g/mol. The Morgan fingerprint density at radius 3 is 2.03 bits per heavy atom. The van der Waals surface area contributed by atoms with Crippen LogP contribution in [0.4, 0.5) is 4.79 Å². The quantitative estimate of drug-likeness (QED) is 0.531. The van der Waals surface area contributed by atoms with Crippen LogP contribution < -0.4 is 0 Å². The van der Waals surface area contributed by atoms with E-state index in [0.717, 1.165) is 29.5 Å². The molecule has 2 saturated heterocycles. The Kier molecular flexibility index (Phi) is 6.35. The van der Waals surface area contributed by atoms with Crippen LogP contribution in [0.15, 0.2) is 91.0 Å². The molecule has 0 bridgehead atoms. The van der Waals surface area contributed by atoms with E-state index >= 15 is 0 Å². The SMILES string of the molecule is O=C1O[C@]2(CCCN(C(=O)C(c3ccccc3)c3ccccc3)CC2)CN1Cc1ccccc1. The summed E-state index contributed by atoms with van der Waals surface area (Å²) < 4.78 is 5.96. The van der Waals surface area contributed by atoms with Gasteiger partial charge in [0.15, 0.2) is 0 Å². The molecule has 0 aromatic heterocycles. The average Bonchev–Trinajstić information content (AvgIpc) is 3.03. The van der Waals surface area contributed by atoms with E-state index in [1.807, 2.05) is 95.9 Å². The van der Waals surface area contributed by atoms with E-state index in [0.29, 0.717) is 32.6 Å². The zero-order valence-corrected chi connectivity index (χ0v) is 19.3. The van der Waals surface area contributed by atoms with Gasteiger partial charge in [-0.15, -0.1) is 0 Å². The van der Waals surface area contributed by atoms with Gasteiger partial charge in [0.2, 0.25) is 5.91 Å². The first-order chi connectivity index (χ1) is 16.6. The first-order valence-electron chi connectivity index (χ1n) is 12.0. The molecule has 5 nitrogen and oxygen atoms in total. The maximum absolute atomic E-state index is 13.8. The number of nitrogens with zero attached hydrogens (tertiary/aromatic N) is 2. The lowest BCUT2D eigenvalue weighted by Gasteiger charge is -2.28. The van der Waals surface area contributed by atoms with Gasteiger partial charge in [0, 0.05) is 26.1 Å².